The molecule has 1 fully saturated rings. The fourth-order valence-corrected chi connectivity index (χ4v) is 3.28. The lowest BCUT2D eigenvalue weighted by molar-refractivity contribution is -0.125. The van der Waals surface area contributed by atoms with Gasteiger partial charge >= 0.3 is 0 Å². The van der Waals surface area contributed by atoms with Crippen LogP contribution in [0.15, 0.2) is 42.6 Å². The first-order valence-electron chi connectivity index (χ1n) is 9.01. The van der Waals surface area contributed by atoms with E-state index in [9.17, 15) is 4.79 Å². The lowest BCUT2D eigenvalue weighted by atomic mass is 9.96. The van der Waals surface area contributed by atoms with E-state index in [0.717, 1.165) is 43.1 Å². The Hall–Kier alpha value is -2.27. The summed E-state index contributed by atoms with van der Waals surface area (Å²) >= 11 is 5.89. The van der Waals surface area contributed by atoms with Gasteiger partial charge < -0.3 is 15.0 Å². The van der Waals surface area contributed by atoms with Crippen molar-refractivity contribution in [1.82, 2.24) is 10.3 Å². The molecule has 138 valence electrons. The van der Waals surface area contributed by atoms with Gasteiger partial charge in [-0.15, -0.1) is 0 Å². The highest BCUT2D eigenvalue weighted by Crippen LogP contribution is 2.23. The molecule has 0 atom stereocenters. The van der Waals surface area contributed by atoms with Gasteiger partial charge in [-0.1, -0.05) is 23.7 Å². The average Bonchev–Trinajstić information content (AvgIpc) is 2.67. The molecule has 0 aliphatic carbocycles. The molecule has 1 aliphatic heterocycles. The molecule has 0 saturated carbocycles. The minimum atomic E-state index is 0.0497. The van der Waals surface area contributed by atoms with Crippen LogP contribution in [0.25, 0.3) is 0 Å². The Balaban J connectivity index is 1.47. The number of benzene rings is 1. The minimum Gasteiger partial charge on any atom is -0.494 e. The Labute approximate surface area is 159 Å². The third-order valence-corrected chi connectivity index (χ3v) is 4.80. The number of pyridine rings is 1. The summed E-state index contributed by atoms with van der Waals surface area (Å²) in [5, 5.41) is 3.69. The molecular formula is C20H24ClN3O2. The Bertz CT molecular complexity index is 728. The Morgan fingerprint density at radius 3 is 2.81 bits per heavy atom. The summed E-state index contributed by atoms with van der Waals surface area (Å²) in [6.07, 6.45) is 3.32. The van der Waals surface area contributed by atoms with Crippen LogP contribution in [0, 0.1) is 5.92 Å². The van der Waals surface area contributed by atoms with E-state index in [4.69, 9.17) is 16.3 Å². The van der Waals surface area contributed by atoms with Crippen molar-refractivity contribution in [1.29, 1.82) is 0 Å². The number of hydrogen-bond acceptors (Lipinski definition) is 4. The molecule has 6 heteroatoms. The van der Waals surface area contributed by atoms with Crippen molar-refractivity contribution in [2.24, 2.45) is 5.92 Å². The molecule has 2 aromatic rings. The number of nitrogens with zero attached hydrogens (tertiary/aromatic N) is 2. The van der Waals surface area contributed by atoms with Crippen LogP contribution in [0.4, 0.5) is 5.82 Å². The van der Waals surface area contributed by atoms with Crippen LogP contribution in [0.1, 0.15) is 25.3 Å². The van der Waals surface area contributed by atoms with Crippen molar-refractivity contribution >= 4 is 23.3 Å². The topological polar surface area (TPSA) is 54.5 Å². The first-order valence-corrected chi connectivity index (χ1v) is 9.39. The van der Waals surface area contributed by atoms with Crippen LogP contribution < -0.4 is 15.0 Å². The van der Waals surface area contributed by atoms with Gasteiger partial charge in [-0.2, -0.15) is 0 Å². The predicted molar refractivity (Wildman–Crippen MR) is 104 cm³/mol. The van der Waals surface area contributed by atoms with E-state index >= 15 is 0 Å². The van der Waals surface area contributed by atoms with Crippen molar-refractivity contribution in [3.05, 3.63) is 53.2 Å². The largest absolute Gasteiger partial charge is 0.494 e. The molecule has 1 N–H and O–H groups in total. The number of halogens is 1. The molecule has 3 rings (SSSR count). The molecule has 0 unspecified atom stereocenters. The first kappa shape index (κ1) is 18.5. The zero-order chi connectivity index (χ0) is 18.4. The van der Waals surface area contributed by atoms with Crippen molar-refractivity contribution in [2.45, 2.75) is 26.3 Å². The highest BCUT2D eigenvalue weighted by atomic mass is 35.5. The van der Waals surface area contributed by atoms with Crippen LogP contribution in [0.2, 0.25) is 5.02 Å². The Morgan fingerprint density at radius 1 is 1.31 bits per heavy atom. The number of carbonyl (C=O) groups excluding carboxylic acids is 1. The van der Waals surface area contributed by atoms with Crippen LogP contribution >= 0.6 is 11.6 Å². The van der Waals surface area contributed by atoms with Gasteiger partial charge in [0.05, 0.1) is 11.6 Å². The third-order valence-electron chi connectivity index (χ3n) is 4.58. The summed E-state index contributed by atoms with van der Waals surface area (Å²) < 4.78 is 5.50. The molecule has 1 aromatic heterocycles. The van der Waals surface area contributed by atoms with Gasteiger partial charge in [-0.25, -0.2) is 4.98 Å². The monoisotopic (exact) mass is 373 g/mol. The van der Waals surface area contributed by atoms with Gasteiger partial charge in [0.25, 0.3) is 0 Å². The van der Waals surface area contributed by atoms with Crippen LogP contribution in [-0.2, 0) is 11.3 Å². The Kier molecular flexibility index (Phi) is 6.34. The van der Waals surface area contributed by atoms with E-state index < -0.39 is 0 Å². The van der Waals surface area contributed by atoms with Crippen LogP contribution in [-0.4, -0.2) is 30.6 Å². The molecule has 0 radical (unpaired) electrons. The standard InChI is InChI=1S/C20H24ClN3O2/c1-2-26-18-5-3-4-15(12-18)13-23-20(25)16-8-10-24(11-9-16)19-7-6-17(21)14-22-19/h3-7,12,14,16H,2,8-11,13H2,1H3,(H,23,25). The summed E-state index contributed by atoms with van der Waals surface area (Å²) in [5.41, 5.74) is 1.05. The number of carbonyl (C=O) groups is 1. The highest BCUT2D eigenvalue weighted by molar-refractivity contribution is 6.30. The molecule has 1 saturated heterocycles. The second kappa shape index (κ2) is 8.90. The minimum absolute atomic E-state index is 0.0497. The van der Waals surface area contributed by atoms with E-state index in [2.05, 4.69) is 15.2 Å². The zero-order valence-corrected chi connectivity index (χ0v) is 15.7. The number of hydrogen-bond donors (Lipinski definition) is 1. The summed E-state index contributed by atoms with van der Waals surface area (Å²) in [4.78, 5) is 19.0. The Morgan fingerprint density at radius 2 is 2.12 bits per heavy atom. The van der Waals surface area contributed by atoms with Crippen molar-refractivity contribution in [2.75, 3.05) is 24.6 Å². The number of piperidine rings is 1. The van der Waals surface area contributed by atoms with E-state index in [-0.39, 0.29) is 11.8 Å². The van der Waals surface area contributed by atoms with E-state index in [1.54, 1.807) is 6.20 Å². The zero-order valence-electron chi connectivity index (χ0n) is 15.0. The molecule has 2 heterocycles. The second-order valence-corrected chi connectivity index (χ2v) is 6.83. The summed E-state index contributed by atoms with van der Waals surface area (Å²) in [5.74, 6) is 1.92. The second-order valence-electron chi connectivity index (χ2n) is 6.39. The molecule has 0 bridgehead atoms. The number of nitrogens with one attached hydrogen (secondary N) is 1. The summed E-state index contributed by atoms with van der Waals surface area (Å²) in [6.45, 7) is 4.77. The number of rotatable bonds is 6. The molecular weight excluding hydrogens is 350 g/mol. The van der Waals surface area contributed by atoms with E-state index in [1.807, 2.05) is 43.3 Å². The SMILES string of the molecule is CCOc1cccc(CNC(=O)C2CCN(c3ccc(Cl)cn3)CC2)c1. The van der Waals surface area contributed by atoms with Gasteiger partial charge in [0.1, 0.15) is 11.6 Å². The molecule has 1 aliphatic rings. The number of aromatic nitrogens is 1. The van der Waals surface area contributed by atoms with Crippen molar-refractivity contribution in [3.8, 4) is 5.75 Å². The van der Waals surface area contributed by atoms with Gasteiger partial charge in [-0.05, 0) is 49.6 Å². The fourth-order valence-electron chi connectivity index (χ4n) is 3.17. The third kappa shape index (κ3) is 4.88. The lowest BCUT2D eigenvalue weighted by Gasteiger charge is -2.32. The van der Waals surface area contributed by atoms with E-state index in [1.165, 1.54) is 0 Å². The highest BCUT2D eigenvalue weighted by Gasteiger charge is 2.25. The molecule has 1 amide bonds. The van der Waals surface area contributed by atoms with Crippen LogP contribution in [0.3, 0.4) is 0 Å². The van der Waals surface area contributed by atoms with Crippen molar-refractivity contribution < 1.29 is 9.53 Å². The molecule has 26 heavy (non-hydrogen) atoms. The predicted octanol–water partition coefficient (Wildman–Crippen LogP) is 3.67. The van der Waals surface area contributed by atoms with Gasteiger partial charge in [-0.3, -0.25) is 4.79 Å². The maximum atomic E-state index is 12.5. The number of ether oxygens (including phenoxy) is 1. The summed E-state index contributed by atoms with van der Waals surface area (Å²) in [7, 11) is 0. The average molecular weight is 374 g/mol. The molecule has 0 spiro atoms. The van der Waals surface area contributed by atoms with Gasteiger partial charge in [0.15, 0.2) is 0 Å². The van der Waals surface area contributed by atoms with Gasteiger partial charge in [0, 0.05) is 31.7 Å². The molecule has 5 nitrogen and oxygen atoms in total. The quantitative estimate of drug-likeness (QED) is 0.839. The normalized spacial score (nSPS) is 14.9. The molecule has 1 aromatic carbocycles. The number of anilines is 1. The van der Waals surface area contributed by atoms with Crippen molar-refractivity contribution in [3.63, 3.8) is 0 Å². The first-order chi connectivity index (χ1) is 12.7. The van der Waals surface area contributed by atoms with Crippen LogP contribution in [0.5, 0.6) is 5.75 Å². The lowest BCUT2D eigenvalue weighted by Crippen LogP contribution is -2.40. The number of amides is 1. The smallest absolute Gasteiger partial charge is 0.223 e. The summed E-state index contributed by atoms with van der Waals surface area (Å²) in [6, 6.07) is 11.6. The van der Waals surface area contributed by atoms with E-state index in [0.29, 0.717) is 18.2 Å². The maximum absolute atomic E-state index is 12.5. The fraction of sp³-hybridized carbons (Fsp3) is 0.400. The maximum Gasteiger partial charge on any atom is 0.223 e. The van der Waals surface area contributed by atoms with Gasteiger partial charge in [0.2, 0.25) is 5.91 Å².